The van der Waals surface area contributed by atoms with Crippen molar-refractivity contribution in [1.29, 1.82) is 0 Å². The van der Waals surface area contributed by atoms with E-state index in [1.54, 1.807) is 0 Å². The highest BCUT2D eigenvalue weighted by molar-refractivity contribution is 5.30. The van der Waals surface area contributed by atoms with Crippen molar-refractivity contribution in [1.82, 2.24) is 0 Å². The van der Waals surface area contributed by atoms with Gasteiger partial charge in [-0.15, -0.1) is 0 Å². The van der Waals surface area contributed by atoms with Crippen molar-refractivity contribution in [3.8, 4) is 0 Å². The van der Waals surface area contributed by atoms with Gasteiger partial charge in [0.1, 0.15) is 0 Å². The summed E-state index contributed by atoms with van der Waals surface area (Å²) in [6.07, 6.45) is 15.4. The van der Waals surface area contributed by atoms with Crippen molar-refractivity contribution in [3.63, 3.8) is 0 Å². The van der Waals surface area contributed by atoms with Gasteiger partial charge in [0.05, 0.1) is 6.10 Å². The molecule has 184 valence electrons. The fourth-order valence-electron chi connectivity index (χ4n) is 11.4. The standard InChI is InChI=1S/C31H54O/c1-20(2)21(3)9-10-22(4)23-13-15-29(8)25-12-11-24-27(5,6)26(32)14-16-30(24)19-31(25,30)18-17-28(23,29)7/h20-26,32H,9-19H2,1-8H3/t21?,22-,23-,24+,25+,26+,28-,29+,30-,31+/m1/s1. The molecule has 0 saturated heterocycles. The highest BCUT2D eigenvalue weighted by Crippen LogP contribution is 2.89. The van der Waals surface area contributed by atoms with E-state index < -0.39 is 0 Å². The Morgan fingerprint density at radius 1 is 0.719 bits per heavy atom. The second-order valence-corrected chi connectivity index (χ2v) is 15.3. The maximum absolute atomic E-state index is 10.9. The highest BCUT2D eigenvalue weighted by atomic mass is 16.3. The number of hydrogen-bond acceptors (Lipinski definition) is 1. The van der Waals surface area contributed by atoms with Crippen molar-refractivity contribution in [2.24, 2.45) is 62.6 Å². The van der Waals surface area contributed by atoms with E-state index in [0.717, 1.165) is 41.9 Å². The molecule has 1 unspecified atom stereocenters. The summed E-state index contributed by atoms with van der Waals surface area (Å²) in [6.45, 7) is 20.2. The summed E-state index contributed by atoms with van der Waals surface area (Å²) in [7, 11) is 0. The quantitative estimate of drug-likeness (QED) is 0.452. The molecule has 5 fully saturated rings. The molecule has 0 aliphatic heterocycles. The van der Waals surface area contributed by atoms with E-state index in [9.17, 15) is 5.11 Å². The number of aliphatic hydroxyl groups excluding tert-OH is 1. The van der Waals surface area contributed by atoms with Crippen molar-refractivity contribution in [2.45, 2.75) is 132 Å². The molecule has 5 saturated carbocycles. The largest absolute Gasteiger partial charge is 0.393 e. The van der Waals surface area contributed by atoms with E-state index in [4.69, 9.17) is 0 Å². The van der Waals surface area contributed by atoms with Crippen LogP contribution in [0.1, 0.15) is 126 Å². The van der Waals surface area contributed by atoms with Crippen LogP contribution in [0.25, 0.3) is 0 Å². The fraction of sp³-hybridized carbons (Fsp3) is 1.00. The monoisotopic (exact) mass is 442 g/mol. The second kappa shape index (κ2) is 7.24. The van der Waals surface area contributed by atoms with Gasteiger partial charge in [0.25, 0.3) is 0 Å². The Morgan fingerprint density at radius 3 is 2.06 bits per heavy atom. The Hall–Kier alpha value is -0.0400. The molecule has 1 heteroatoms. The third kappa shape index (κ3) is 2.79. The summed E-state index contributed by atoms with van der Waals surface area (Å²) in [6, 6.07) is 0. The SMILES string of the molecule is CC(C)C(C)CC[C@@H](C)[C@H]1CC[C@@]2(C)[C@@H]3CC[C@H]4C(C)(C)[C@@H](O)CC[C@@]45C[C@@]35CC[C@]12C. The molecule has 5 aliphatic carbocycles. The molecule has 0 amide bonds. The van der Waals surface area contributed by atoms with Gasteiger partial charge in [-0.05, 0) is 120 Å². The zero-order chi connectivity index (χ0) is 23.3. The Labute approximate surface area is 199 Å². The van der Waals surface area contributed by atoms with Crippen LogP contribution in [-0.2, 0) is 0 Å². The van der Waals surface area contributed by atoms with Crippen LogP contribution >= 0.6 is 0 Å². The second-order valence-electron chi connectivity index (χ2n) is 15.3. The van der Waals surface area contributed by atoms with Crippen LogP contribution < -0.4 is 0 Å². The topological polar surface area (TPSA) is 20.2 Å². The van der Waals surface area contributed by atoms with Gasteiger partial charge in [-0.25, -0.2) is 0 Å². The van der Waals surface area contributed by atoms with Gasteiger partial charge in [-0.1, -0.05) is 68.2 Å². The zero-order valence-electron chi connectivity index (χ0n) is 22.8. The maximum atomic E-state index is 10.9. The van der Waals surface area contributed by atoms with E-state index in [1.165, 1.54) is 64.2 Å². The average molecular weight is 443 g/mol. The van der Waals surface area contributed by atoms with Gasteiger partial charge in [0.15, 0.2) is 0 Å². The summed E-state index contributed by atoms with van der Waals surface area (Å²) in [5.74, 6) is 5.20. The lowest BCUT2D eigenvalue weighted by molar-refractivity contribution is -0.161. The lowest BCUT2D eigenvalue weighted by Crippen LogP contribution is -2.57. The van der Waals surface area contributed by atoms with E-state index in [1.807, 2.05) is 0 Å². The van der Waals surface area contributed by atoms with E-state index in [2.05, 4.69) is 55.4 Å². The van der Waals surface area contributed by atoms with Gasteiger partial charge in [-0.3, -0.25) is 0 Å². The molecule has 32 heavy (non-hydrogen) atoms. The first-order chi connectivity index (χ1) is 14.9. The van der Waals surface area contributed by atoms with Crippen LogP contribution in [0.5, 0.6) is 0 Å². The van der Waals surface area contributed by atoms with Crippen LogP contribution in [0.2, 0.25) is 0 Å². The van der Waals surface area contributed by atoms with Crippen LogP contribution in [0.3, 0.4) is 0 Å². The molecule has 5 aliphatic rings. The minimum atomic E-state index is -0.0818. The van der Waals surface area contributed by atoms with Gasteiger partial charge >= 0.3 is 0 Å². The van der Waals surface area contributed by atoms with Crippen molar-refractivity contribution < 1.29 is 5.11 Å². The normalized spacial score (nSPS) is 53.1. The van der Waals surface area contributed by atoms with Crippen LogP contribution in [0.4, 0.5) is 0 Å². The summed E-state index contributed by atoms with van der Waals surface area (Å²) in [5.41, 5.74) is 2.42. The number of rotatable bonds is 5. The van der Waals surface area contributed by atoms with Crippen molar-refractivity contribution in [2.75, 3.05) is 0 Å². The Morgan fingerprint density at radius 2 is 1.38 bits per heavy atom. The van der Waals surface area contributed by atoms with E-state index in [0.29, 0.717) is 21.7 Å². The molecule has 10 atom stereocenters. The average Bonchev–Trinajstić information content (AvgIpc) is 3.31. The smallest absolute Gasteiger partial charge is 0.0594 e. The molecular formula is C31H54O. The van der Waals surface area contributed by atoms with Crippen LogP contribution in [-0.4, -0.2) is 11.2 Å². The van der Waals surface area contributed by atoms with Crippen LogP contribution in [0.15, 0.2) is 0 Å². The molecule has 0 heterocycles. The van der Waals surface area contributed by atoms with Crippen molar-refractivity contribution in [3.05, 3.63) is 0 Å². The van der Waals surface area contributed by atoms with Crippen molar-refractivity contribution >= 4 is 0 Å². The Bertz CT molecular complexity index is 739. The van der Waals surface area contributed by atoms with Gasteiger partial charge in [-0.2, -0.15) is 0 Å². The van der Waals surface area contributed by atoms with Gasteiger partial charge < -0.3 is 5.11 Å². The molecule has 0 aromatic heterocycles. The Kier molecular flexibility index (Phi) is 5.36. The lowest BCUT2D eigenvalue weighted by Gasteiger charge is -2.63. The van der Waals surface area contributed by atoms with Crippen LogP contribution in [0, 0.1) is 62.6 Å². The molecule has 1 N–H and O–H groups in total. The number of fused-ring (bicyclic) bond motifs is 2. The number of hydrogen-bond donors (Lipinski definition) is 1. The maximum Gasteiger partial charge on any atom is 0.0594 e. The fourth-order valence-corrected chi connectivity index (χ4v) is 11.4. The zero-order valence-corrected chi connectivity index (χ0v) is 22.8. The third-order valence-corrected chi connectivity index (χ3v) is 14.1. The summed E-state index contributed by atoms with van der Waals surface area (Å²) >= 11 is 0. The molecule has 5 rings (SSSR count). The van der Waals surface area contributed by atoms with E-state index in [-0.39, 0.29) is 11.5 Å². The Balaban J connectivity index is 1.38. The minimum absolute atomic E-state index is 0.0818. The highest BCUT2D eigenvalue weighted by Gasteiger charge is 2.82. The lowest BCUT2D eigenvalue weighted by atomic mass is 9.41. The molecule has 0 aromatic carbocycles. The van der Waals surface area contributed by atoms with E-state index >= 15 is 0 Å². The van der Waals surface area contributed by atoms with Gasteiger partial charge in [0, 0.05) is 0 Å². The predicted molar refractivity (Wildman–Crippen MR) is 135 cm³/mol. The molecule has 0 radical (unpaired) electrons. The molecule has 0 bridgehead atoms. The molecule has 0 aromatic rings. The first kappa shape index (κ1) is 23.7. The third-order valence-electron chi connectivity index (χ3n) is 14.1. The first-order valence-corrected chi connectivity index (χ1v) is 14.5. The minimum Gasteiger partial charge on any atom is -0.393 e. The molecular weight excluding hydrogens is 388 g/mol. The summed E-state index contributed by atoms with van der Waals surface area (Å²) in [5, 5.41) is 10.9. The number of aliphatic hydroxyl groups is 1. The van der Waals surface area contributed by atoms with Gasteiger partial charge in [0.2, 0.25) is 0 Å². The predicted octanol–water partition coefficient (Wildman–Crippen LogP) is 8.49. The molecule has 2 spiro atoms. The summed E-state index contributed by atoms with van der Waals surface area (Å²) in [4.78, 5) is 0. The molecule has 1 nitrogen and oxygen atoms in total. The summed E-state index contributed by atoms with van der Waals surface area (Å²) < 4.78 is 0. The first-order valence-electron chi connectivity index (χ1n) is 14.5.